The van der Waals surface area contributed by atoms with E-state index < -0.39 is 6.10 Å². The summed E-state index contributed by atoms with van der Waals surface area (Å²) in [5.41, 5.74) is 6.43. The first-order valence-electron chi connectivity index (χ1n) is 11.6. The third kappa shape index (κ3) is 5.52. The zero-order valence-corrected chi connectivity index (χ0v) is 19.5. The topological polar surface area (TPSA) is 41.6 Å². The quantitative estimate of drug-likeness (QED) is 0.489. The normalized spacial score (nSPS) is 16.5. The largest absolute Gasteiger partial charge is 0.481 e. The Balaban J connectivity index is 1.63. The van der Waals surface area contributed by atoms with Crippen molar-refractivity contribution in [3.63, 3.8) is 0 Å². The lowest BCUT2D eigenvalue weighted by molar-refractivity contribution is -0.127. The highest BCUT2D eigenvalue weighted by Crippen LogP contribution is 2.38. The van der Waals surface area contributed by atoms with Crippen molar-refractivity contribution in [2.45, 2.75) is 39.0 Å². The molecule has 0 saturated heterocycles. The summed E-state index contributed by atoms with van der Waals surface area (Å²) >= 11 is 0. The van der Waals surface area contributed by atoms with Crippen LogP contribution in [0.4, 0.5) is 0 Å². The molecule has 2 unspecified atom stereocenters. The Morgan fingerprint density at radius 3 is 2.64 bits per heavy atom. The summed E-state index contributed by atoms with van der Waals surface area (Å²) in [6.45, 7) is 9.83. The summed E-state index contributed by atoms with van der Waals surface area (Å²) in [5.74, 6) is 0.571. The Bertz CT molecular complexity index is 1090. The number of amides is 1. The molecule has 0 spiro atoms. The molecule has 0 fully saturated rings. The predicted molar refractivity (Wildman–Crippen MR) is 133 cm³/mol. The van der Waals surface area contributed by atoms with Crippen LogP contribution in [0.1, 0.15) is 40.8 Å². The molecule has 1 N–H and O–H groups in total. The second-order valence-corrected chi connectivity index (χ2v) is 8.67. The van der Waals surface area contributed by atoms with E-state index in [1.807, 2.05) is 6.07 Å². The standard InChI is InChI=1S/C29H32N2O2/c1-4-17-30-29(32)22(3)33-26-15-14-24-16-18-31(20-23-12-10-21(2)11-13-23)28(27(24)19-26)25-8-6-5-7-9-25/h4-15,19,22,28H,1,16-18,20H2,2-3H3,(H,30,32). The van der Waals surface area contributed by atoms with Crippen molar-refractivity contribution in [3.8, 4) is 5.75 Å². The second kappa shape index (κ2) is 10.5. The molecule has 0 aromatic heterocycles. The molecule has 0 aliphatic carbocycles. The molecule has 170 valence electrons. The molecule has 1 aliphatic rings. The van der Waals surface area contributed by atoms with Crippen LogP contribution in [0.15, 0.2) is 85.5 Å². The number of rotatable bonds is 8. The molecule has 4 heteroatoms. The van der Waals surface area contributed by atoms with Crippen molar-refractivity contribution in [1.82, 2.24) is 10.2 Å². The fraction of sp³-hybridized carbons (Fsp3) is 0.276. The fourth-order valence-electron chi connectivity index (χ4n) is 4.42. The van der Waals surface area contributed by atoms with Gasteiger partial charge in [0.15, 0.2) is 6.10 Å². The van der Waals surface area contributed by atoms with Gasteiger partial charge < -0.3 is 10.1 Å². The first kappa shape index (κ1) is 22.8. The van der Waals surface area contributed by atoms with Gasteiger partial charge in [0.25, 0.3) is 5.91 Å². The summed E-state index contributed by atoms with van der Waals surface area (Å²) in [7, 11) is 0. The van der Waals surface area contributed by atoms with Gasteiger partial charge in [-0.1, -0.05) is 72.3 Å². The van der Waals surface area contributed by atoms with Gasteiger partial charge in [-0.2, -0.15) is 0 Å². The van der Waals surface area contributed by atoms with Crippen LogP contribution in [0.25, 0.3) is 0 Å². The lowest BCUT2D eigenvalue weighted by Gasteiger charge is -2.38. The van der Waals surface area contributed by atoms with Gasteiger partial charge in [-0.15, -0.1) is 6.58 Å². The van der Waals surface area contributed by atoms with E-state index in [4.69, 9.17) is 4.74 Å². The average Bonchev–Trinajstić information content (AvgIpc) is 2.84. The number of benzene rings is 3. The molecular formula is C29H32N2O2. The molecule has 2 atom stereocenters. The molecule has 4 rings (SSSR count). The van der Waals surface area contributed by atoms with E-state index in [2.05, 4.69) is 90.4 Å². The minimum atomic E-state index is -0.578. The maximum absolute atomic E-state index is 12.3. The number of ether oxygens (including phenoxy) is 1. The van der Waals surface area contributed by atoms with Crippen molar-refractivity contribution in [1.29, 1.82) is 0 Å². The van der Waals surface area contributed by atoms with Crippen LogP contribution in [-0.4, -0.2) is 30.0 Å². The number of aryl methyl sites for hydroxylation is 1. The number of carbonyl (C=O) groups is 1. The Kier molecular flexibility index (Phi) is 7.26. The molecule has 1 heterocycles. The van der Waals surface area contributed by atoms with E-state index >= 15 is 0 Å². The maximum atomic E-state index is 12.3. The highest BCUT2D eigenvalue weighted by molar-refractivity contribution is 5.80. The van der Waals surface area contributed by atoms with Crippen LogP contribution in [0, 0.1) is 6.92 Å². The molecule has 3 aromatic rings. The number of hydrogen-bond acceptors (Lipinski definition) is 3. The molecule has 0 saturated carbocycles. The molecule has 0 bridgehead atoms. The Labute approximate surface area is 196 Å². The van der Waals surface area contributed by atoms with Crippen LogP contribution in [0.3, 0.4) is 0 Å². The lowest BCUT2D eigenvalue weighted by Crippen LogP contribution is -2.37. The fourth-order valence-corrected chi connectivity index (χ4v) is 4.42. The highest BCUT2D eigenvalue weighted by atomic mass is 16.5. The number of carbonyl (C=O) groups excluding carboxylic acids is 1. The third-order valence-electron chi connectivity index (χ3n) is 6.17. The van der Waals surface area contributed by atoms with Gasteiger partial charge in [0.2, 0.25) is 0 Å². The van der Waals surface area contributed by atoms with E-state index in [-0.39, 0.29) is 11.9 Å². The summed E-state index contributed by atoms with van der Waals surface area (Å²) in [5, 5.41) is 2.80. The summed E-state index contributed by atoms with van der Waals surface area (Å²) in [6, 6.07) is 25.8. The smallest absolute Gasteiger partial charge is 0.261 e. The van der Waals surface area contributed by atoms with Gasteiger partial charge in [0, 0.05) is 19.6 Å². The second-order valence-electron chi connectivity index (χ2n) is 8.67. The lowest BCUT2D eigenvalue weighted by atomic mass is 9.87. The van der Waals surface area contributed by atoms with Crippen LogP contribution in [0.2, 0.25) is 0 Å². The molecule has 0 radical (unpaired) electrons. The van der Waals surface area contributed by atoms with E-state index in [9.17, 15) is 4.79 Å². The van der Waals surface area contributed by atoms with Crippen molar-refractivity contribution in [3.05, 3.63) is 113 Å². The van der Waals surface area contributed by atoms with Crippen molar-refractivity contribution in [2.75, 3.05) is 13.1 Å². The zero-order valence-electron chi connectivity index (χ0n) is 19.5. The van der Waals surface area contributed by atoms with Gasteiger partial charge in [0.05, 0.1) is 6.04 Å². The summed E-state index contributed by atoms with van der Waals surface area (Å²) < 4.78 is 6.03. The Hall–Kier alpha value is -3.37. The maximum Gasteiger partial charge on any atom is 0.261 e. The van der Waals surface area contributed by atoms with E-state index in [1.165, 1.54) is 27.8 Å². The summed E-state index contributed by atoms with van der Waals surface area (Å²) in [6.07, 6.45) is 2.07. The van der Waals surface area contributed by atoms with E-state index in [1.54, 1.807) is 13.0 Å². The molecule has 3 aromatic carbocycles. The molecule has 1 aliphatic heterocycles. The van der Waals surface area contributed by atoms with Crippen molar-refractivity contribution < 1.29 is 9.53 Å². The minimum absolute atomic E-state index is 0.129. The molecule has 4 nitrogen and oxygen atoms in total. The number of fused-ring (bicyclic) bond motifs is 1. The first-order chi connectivity index (χ1) is 16.0. The van der Waals surface area contributed by atoms with Crippen LogP contribution >= 0.6 is 0 Å². The van der Waals surface area contributed by atoms with Gasteiger partial charge >= 0.3 is 0 Å². The zero-order chi connectivity index (χ0) is 23.2. The van der Waals surface area contributed by atoms with Crippen molar-refractivity contribution >= 4 is 5.91 Å². The minimum Gasteiger partial charge on any atom is -0.481 e. The number of nitrogens with one attached hydrogen (secondary N) is 1. The van der Waals surface area contributed by atoms with Gasteiger partial charge in [-0.3, -0.25) is 9.69 Å². The van der Waals surface area contributed by atoms with Crippen LogP contribution in [-0.2, 0) is 17.8 Å². The first-order valence-corrected chi connectivity index (χ1v) is 11.6. The van der Waals surface area contributed by atoms with E-state index in [0.717, 1.165) is 19.5 Å². The molecule has 33 heavy (non-hydrogen) atoms. The Morgan fingerprint density at radius 1 is 1.15 bits per heavy atom. The van der Waals surface area contributed by atoms with Gasteiger partial charge in [0.1, 0.15) is 5.75 Å². The van der Waals surface area contributed by atoms with Gasteiger partial charge in [-0.25, -0.2) is 0 Å². The van der Waals surface area contributed by atoms with Gasteiger partial charge in [-0.05, 0) is 54.7 Å². The number of nitrogens with zero attached hydrogens (tertiary/aromatic N) is 1. The van der Waals surface area contributed by atoms with Crippen LogP contribution < -0.4 is 10.1 Å². The molecular weight excluding hydrogens is 408 g/mol. The van der Waals surface area contributed by atoms with Crippen molar-refractivity contribution in [2.24, 2.45) is 0 Å². The third-order valence-corrected chi connectivity index (χ3v) is 6.17. The highest BCUT2D eigenvalue weighted by Gasteiger charge is 2.29. The van der Waals surface area contributed by atoms with E-state index in [0.29, 0.717) is 12.3 Å². The monoisotopic (exact) mass is 440 g/mol. The predicted octanol–water partition coefficient (Wildman–Crippen LogP) is 5.21. The summed E-state index contributed by atoms with van der Waals surface area (Å²) in [4.78, 5) is 14.8. The van der Waals surface area contributed by atoms with Crippen LogP contribution in [0.5, 0.6) is 5.75 Å². The number of hydrogen-bond donors (Lipinski definition) is 1. The SMILES string of the molecule is C=CCNC(=O)C(C)Oc1ccc2c(c1)C(c1ccccc1)N(Cc1ccc(C)cc1)CC2. The molecule has 1 amide bonds. The average molecular weight is 441 g/mol. The Morgan fingerprint density at radius 2 is 1.91 bits per heavy atom.